The van der Waals surface area contributed by atoms with Gasteiger partial charge >= 0.3 is 0 Å². The number of fused-ring (bicyclic) bond motifs is 1. The molecule has 0 atom stereocenters. The number of amides is 1. The van der Waals surface area contributed by atoms with Gasteiger partial charge in [0.2, 0.25) is 0 Å². The highest BCUT2D eigenvalue weighted by Gasteiger charge is 2.26. The van der Waals surface area contributed by atoms with Crippen LogP contribution in [-0.2, 0) is 0 Å². The molecule has 0 bridgehead atoms. The lowest BCUT2D eigenvalue weighted by molar-refractivity contribution is 0.0947. The van der Waals surface area contributed by atoms with Crippen LogP contribution in [0.4, 0.5) is 5.82 Å². The molecule has 20 heavy (non-hydrogen) atoms. The highest BCUT2D eigenvalue weighted by Crippen LogP contribution is 2.26. The first-order valence-corrected chi connectivity index (χ1v) is 6.98. The lowest BCUT2D eigenvalue weighted by Crippen LogP contribution is -2.27. The summed E-state index contributed by atoms with van der Waals surface area (Å²) in [5, 5.41) is 13.2. The summed E-state index contributed by atoms with van der Waals surface area (Å²) < 4.78 is 0. The van der Waals surface area contributed by atoms with Crippen LogP contribution in [0.1, 0.15) is 30.3 Å². The third-order valence-corrected chi connectivity index (χ3v) is 3.63. The summed E-state index contributed by atoms with van der Waals surface area (Å²) in [6.07, 6.45) is 2.13. The van der Waals surface area contributed by atoms with Crippen molar-refractivity contribution in [2.24, 2.45) is 0 Å². The number of nitrogens with one attached hydrogen (secondary N) is 1. The van der Waals surface area contributed by atoms with E-state index in [0.29, 0.717) is 11.7 Å². The minimum atomic E-state index is -0.123. The summed E-state index contributed by atoms with van der Waals surface area (Å²) in [6, 6.07) is 8.12. The van der Waals surface area contributed by atoms with Crippen molar-refractivity contribution in [1.82, 2.24) is 15.5 Å². The Bertz CT molecular complexity index is 651. The third-order valence-electron chi connectivity index (χ3n) is 3.63. The monoisotopic (exact) mass is 270 g/mol. The van der Waals surface area contributed by atoms with E-state index in [1.807, 2.05) is 36.2 Å². The van der Waals surface area contributed by atoms with Gasteiger partial charge in [0.1, 0.15) is 0 Å². The van der Waals surface area contributed by atoms with Crippen LogP contribution in [0.5, 0.6) is 0 Å². The SMILES string of the molecule is CCN(C)c1nnc(C(=O)NC2CC2)c2ccccc12. The van der Waals surface area contributed by atoms with E-state index < -0.39 is 0 Å². The quantitative estimate of drug-likeness (QED) is 0.923. The molecule has 1 aliphatic carbocycles. The summed E-state index contributed by atoms with van der Waals surface area (Å²) in [5.74, 6) is 0.688. The molecule has 5 heteroatoms. The average Bonchev–Trinajstić information content (AvgIpc) is 3.29. The molecule has 1 heterocycles. The first-order chi connectivity index (χ1) is 9.70. The lowest BCUT2D eigenvalue weighted by atomic mass is 10.1. The minimum Gasteiger partial charge on any atom is -0.358 e. The van der Waals surface area contributed by atoms with Gasteiger partial charge in [-0.3, -0.25) is 4.79 Å². The molecule has 1 aromatic carbocycles. The van der Waals surface area contributed by atoms with Gasteiger partial charge < -0.3 is 10.2 Å². The predicted molar refractivity (Wildman–Crippen MR) is 79.0 cm³/mol. The molecule has 1 amide bonds. The number of anilines is 1. The minimum absolute atomic E-state index is 0.123. The Balaban J connectivity index is 2.07. The number of rotatable bonds is 4. The normalized spacial score (nSPS) is 14.3. The average molecular weight is 270 g/mol. The number of aromatic nitrogens is 2. The summed E-state index contributed by atoms with van der Waals surface area (Å²) in [7, 11) is 1.97. The Morgan fingerprint density at radius 2 is 2.00 bits per heavy atom. The highest BCUT2D eigenvalue weighted by atomic mass is 16.2. The Morgan fingerprint density at radius 3 is 2.65 bits per heavy atom. The van der Waals surface area contributed by atoms with Crippen molar-refractivity contribution in [3.8, 4) is 0 Å². The van der Waals surface area contributed by atoms with Gasteiger partial charge in [0.15, 0.2) is 11.5 Å². The van der Waals surface area contributed by atoms with E-state index in [4.69, 9.17) is 0 Å². The Morgan fingerprint density at radius 1 is 1.30 bits per heavy atom. The van der Waals surface area contributed by atoms with Gasteiger partial charge in [-0.25, -0.2) is 0 Å². The van der Waals surface area contributed by atoms with Gasteiger partial charge in [-0.2, -0.15) is 0 Å². The maximum absolute atomic E-state index is 12.2. The van der Waals surface area contributed by atoms with Crippen LogP contribution < -0.4 is 10.2 Å². The van der Waals surface area contributed by atoms with Crippen LogP contribution in [0, 0.1) is 0 Å². The van der Waals surface area contributed by atoms with Gasteiger partial charge in [0.25, 0.3) is 5.91 Å². The van der Waals surface area contributed by atoms with E-state index in [9.17, 15) is 4.79 Å². The second-order valence-electron chi connectivity index (χ2n) is 5.18. The van der Waals surface area contributed by atoms with Gasteiger partial charge in [0.05, 0.1) is 0 Å². The zero-order valence-corrected chi connectivity index (χ0v) is 11.8. The first kappa shape index (κ1) is 12.8. The molecule has 1 aliphatic rings. The largest absolute Gasteiger partial charge is 0.358 e. The molecule has 1 N–H and O–H groups in total. The van der Waals surface area contributed by atoms with E-state index in [0.717, 1.165) is 36.0 Å². The maximum atomic E-state index is 12.2. The fourth-order valence-corrected chi connectivity index (χ4v) is 2.17. The molecular formula is C15H18N4O. The summed E-state index contributed by atoms with van der Waals surface area (Å²) >= 11 is 0. The molecule has 104 valence electrons. The second-order valence-corrected chi connectivity index (χ2v) is 5.18. The van der Waals surface area contributed by atoms with Crippen molar-refractivity contribution >= 4 is 22.5 Å². The number of nitrogens with zero attached hydrogens (tertiary/aromatic N) is 3. The molecule has 0 spiro atoms. The van der Waals surface area contributed by atoms with Crippen molar-refractivity contribution in [3.63, 3.8) is 0 Å². The molecule has 1 aromatic heterocycles. The Labute approximate surface area is 118 Å². The number of hydrogen-bond acceptors (Lipinski definition) is 4. The van der Waals surface area contributed by atoms with E-state index in [-0.39, 0.29) is 5.91 Å². The van der Waals surface area contributed by atoms with E-state index in [1.54, 1.807) is 0 Å². The topological polar surface area (TPSA) is 58.1 Å². The molecule has 0 aliphatic heterocycles. The standard InChI is InChI=1S/C15H18N4O/c1-3-19(2)14-12-7-5-4-6-11(12)13(17-18-14)15(20)16-10-8-9-10/h4-7,10H,3,8-9H2,1-2H3,(H,16,20). The fraction of sp³-hybridized carbons (Fsp3) is 0.400. The van der Waals surface area contributed by atoms with Crippen molar-refractivity contribution in [1.29, 1.82) is 0 Å². The van der Waals surface area contributed by atoms with Gasteiger partial charge in [-0.1, -0.05) is 24.3 Å². The molecule has 0 unspecified atom stereocenters. The molecule has 0 saturated heterocycles. The molecule has 2 aromatic rings. The van der Waals surface area contributed by atoms with Crippen LogP contribution in [0.25, 0.3) is 10.8 Å². The molecule has 5 nitrogen and oxygen atoms in total. The van der Waals surface area contributed by atoms with Crippen LogP contribution in [0.15, 0.2) is 24.3 Å². The number of carbonyl (C=O) groups excluding carboxylic acids is 1. The van der Waals surface area contributed by atoms with Crippen LogP contribution in [0.3, 0.4) is 0 Å². The predicted octanol–water partition coefficient (Wildman–Crippen LogP) is 1.98. The summed E-state index contributed by atoms with van der Waals surface area (Å²) in [5.41, 5.74) is 0.417. The molecule has 1 fully saturated rings. The lowest BCUT2D eigenvalue weighted by Gasteiger charge is -2.17. The van der Waals surface area contributed by atoms with Crippen molar-refractivity contribution in [2.45, 2.75) is 25.8 Å². The molecule has 0 radical (unpaired) electrons. The van der Waals surface area contributed by atoms with E-state index >= 15 is 0 Å². The number of carbonyl (C=O) groups is 1. The Kier molecular flexibility index (Phi) is 3.26. The van der Waals surface area contributed by atoms with Crippen molar-refractivity contribution < 1.29 is 4.79 Å². The van der Waals surface area contributed by atoms with Crippen LogP contribution in [0.2, 0.25) is 0 Å². The maximum Gasteiger partial charge on any atom is 0.272 e. The zero-order chi connectivity index (χ0) is 14.1. The summed E-state index contributed by atoms with van der Waals surface area (Å²) in [4.78, 5) is 14.3. The fourth-order valence-electron chi connectivity index (χ4n) is 2.17. The van der Waals surface area contributed by atoms with Gasteiger partial charge in [-0.15, -0.1) is 10.2 Å². The van der Waals surface area contributed by atoms with Crippen molar-refractivity contribution in [3.05, 3.63) is 30.0 Å². The zero-order valence-electron chi connectivity index (χ0n) is 11.8. The molecule has 3 rings (SSSR count). The molecule has 1 saturated carbocycles. The highest BCUT2D eigenvalue weighted by molar-refractivity contribution is 6.07. The van der Waals surface area contributed by atoms with Gasteiger partial charge in [-0.05, 0) is 19.8 Å². The van der Waals surface area contributed by atoms with E-state index in [2.05, 4.69) is 22.4 Å². The second kappa shape index (κ2) is 5.07. The smallest absolute Gasteiger partial charge is 0.272 e. The van der Waals surface area contributed by atoms with Crippen LogP contribution in [-0.4, -0.2) is 35.7 Å². The van der Waals surface area contributed by atoms with Crippen molar-refractivity contribution in [2.75, 3.05) is 18.5 Å². The van der Waals surface area contributed by atoms with E-state index in [1.165, 1.54) is 0 Å². The number of benzene rings is 1. The Hall–Kier alpha value is -2.17. The summed E-state index contributed by atoms with van der Waals surface area (Å²) in [6.45, 7) is 2.90. The van der Waals surface area contributed by atoms with Gasteiger partial charge in [0, 0.05) is 30.4 Å². The molecular weight excluding hydrogens is 252 g/mol. The first-order valence-electron chi connectivity index (χ1n) is 6.98. The van der Waals surface area contributed by atoms with Crippen LogP contribution >= 0.6 is 0 Å². The third kappa shape index (κ3) is 2.31. The number of hydrogen-bond donors (Lipinski definition) is 1.